The standard InChI is InChI=1S/C35H43N3O9/c1-10-22(26(18(2)3)29(33(41)42)36-34(43)47-35(4,5)6)38-17-21(20-13-11-12-14-23(20)38)28-27(31(39)37-32(28)40)19-15-24(44-7)30(46-9)25(16-19)45-8/h11-18,22,26,29H,10H2,1-9H3,(H,36,43)(H,41,42)(H,37,39,40). The molecule has 1 aliphatic heterocycles. The number of methoxy groups -OCH3 is 3. The Morgan fingerprint density at radius 2 is 1.55 bits per heavy atom. The molecule has 252 valence electrons. The molecular formula is C35H43N3O9. The second kappa shape index (κ2) is 13.8. The first-order valence-electron chi connectivity index (χ1n) is 15.4. The molecule has 2 heterocycles. The normalized spacial score (nSPS) is 15.4. The first kappa shape index (κ1) is 34.9. The number of nitrogens with one attached hydrogen (secondary N) is 2. The first-order valence-corrected chi connectivity index (χ1v) is 15.4. The summed E-state index contributed by atoms with van der Waals surface area (Å²) >= 11 is 0. The van der Waals surface area contributed by atoms with E-state index in [1.165, 1.54) is 21.3 Å². The van der Waals surface area contributed by atoms with Gasteiger partial charge in [0.15, 0.2) is 11.5 Å². The lowest BCUT2D eigenvalue weighted by molar-refractivity contribution is -0.142. The van der Waals surface area contributed by atoms with Crippen LogP contribution in [0.4, 0.5) is 4.79 Å². The van der Waals surface area contributed by atoms with Crippen molar-refractivity contribution < 1.29 is 43.2 Å². The van der Waals surface area contributed by atoms with Crippen LogP contribution in [0.15, 0.2) is 42.6 Å². The molecule has 3 aromatic rings. The fraction of sp³-hybridized carbons (Fsp3) is 0.429. The van der Waals surface area contributed by atoms with Gasteiger partial charge in [0.05, 0.1) is 32.5 Å². The highest BCUT2D eigenvalue weighted by atomic mass is 16.6. The number of rotatable bonds is 12. The summed E-state index contributed by atoms with van der Waals surface area (Å²) in [6, 6.07) is 8.89. The van der Waals surface area contributed by atoms with Crippen molar-refractivity contribution >= 4 is 45.9 Å². The van der Waals surface area contributed by atoms with Gasteiger partial charge in [0.2, 0.25) is 5.75 Å². The molecule has 3 amide bonds. The van der Waals surface area contributed by atoms with Crippen molar-refractivity contribution in [3.05, 3.63) is 53.7 Å². The third-order valence-corrected chi connectivity index (χ3v) is 8.21. The fourth-order valence-corrected chi connectivity index (χ4v) is 6.35. The molecule has 0 saturated carbocycles. The number of alkyl carbamates (subject to hydrolysis) is 1. The van der Waals surface area contributed by atoms with Crippen LogP contribution in [0.5, 0.6) is 17.2 Å². The Bertz CT molecular complexity index is 1710. The minimum atomic E-state index is -1.29. The van der Waals surface area contributed by atoms with Gasteiger partial charge < -0.3 is 33.9 Å². The molecule has 0 bridgehead atoms. The first-order chi connectivity index (χ1) is 22.2. The minimum Gasteiger partial charge on any atom is -0.493 e. The molecule has 47 heavy (non-hydrogen) atoms. The maximum Gasteiger partial charge on any atom is 0.408 e. The number of carbonyl (C=O) groups is 4. The van der Waals surface area contributed by atoms with E-state index < -0.39 is 47.5 Å². The molecule has 0 spiro atoms. The molecule has 3 atom stereocenters. The van der Waals surface area contributed by atoms with E-state index in [1.54, 1.807) is 39.1 Å². The maximum atomic E-state index is 13.5. The lowest BCUT2D eigenvalue weighted by Gasteiger charge is -2.36. The van der Waals surface area contributed by atoms with E-state index in [9.17, 15) is 24.3 Å². The number of benzene rings is 2. The number of nitrogens with zero attached hydrogens (tertiary/aromatic N) is 1. The molecule has 0 radical (unpaired) electrons. The van der Waals surface area contributed by atoms with Crippen LogP contribution in [0, 0.1) is 11.8 Å². The molecule has 3 N–H and O–H groups in total. The van der Waals surface area contributed by atoms with Crippen molar-refractivity contribution in [3.8, 4) is 17.2 Å². The van der Waals surface area contributed by atoms with Gasteiger partial charge in [0, 0.05) is 34.6 Å². The highest BCUT2D eigenvalue weighted by Gasteiger charge is 2.40. The summed E-state index contributed by atoms with van der Waals surface area (Å²) in [6.45, 7) is 10.9. The average Bonchev–Trinajstić information content (AvgIpc) is 3.52. The molecule has 0 fully saturated rings. The molecular weight excluding hydrogens is 606 g/mol. The Kier molecular flexibility index (Phi) is 10.2. The van der Waals surface area contributed by atoms with Crippen LogP contribution in [-0.2, 0) is 19.1 Å². The number of hydrogen-bond donors (Lipinski definition) is 3. The molecule has 3 unspecified atom stereocenters. The van der Waals surface area contributed by atoms with E-state index in [-0.39, 0.29) is 17.1 Å². The molecule has 2 aromatic carbocycles. The highest BCUT2D eigenvalue weighted by molar-refractivity contribution is 6.50. The Morgan fingerprint density at radius 3 is 2.06 bits per heavy atom. The maximum absolute atomic E-state index is 13.5. The second-order valence-electron chi connectivity index (χ2n) is 12.7. The Morgan fingerprint density at radius 1 is 0.957 bits per heavy atom. The van der Waals surface area contributed by atoms with E-state index in [0.29, 0.717) is 40.2 Å². The van der Waals surface area contributed by atoms with Crippen molar-refractivity contribution in [2.45, 2.75) is 65.6 Å². The van der Waals surface area contributed by atoms with Crippen LogP contribution in [-0.4, -0.2) is 66.5 Å². The summed E-state index contributed by atoms with van der Waals surface area (Å²) < 4.78 is 23.8. The molecule has 0 saturated heterocycles. The van der Waals surface area contributed by atoms with Gasteiger partial charge in [-0.05, 0) is 56.9 Å². The summed E-state index contributed by atoms with van der Waals surface area (Å²) in [4.78, 5) is 52.4. The number of carboxylic acid groups (broad SMARTS) is 1. The van der Waals surface area contributed by atoms with Crippen LogP contribution < -0.4 is 24.8 Å². The zero-order chi connectivity index (χ0) is 34.8. The van der Waals surface area contributed by atoms with Gasteiger partial charge in [-0.25, -0.2) is 9.59 Å². The lowest BCUT2D eigenvalue weighted by Crippen LogP contribution is -2.51. The molecule has 0 aliphatic carbocycles. The molecule has 12 heteroatoms. The van der Waals surface area contributed by atoms with Gasteiger partial charge in [-0.3, -0.25) is 14.9 Å². The summed E-state index contributed by atoms with van der Waals surface area (Å²) in [5, 5.41) is 16.1. The monoisotopic (exact) mass is 649 g/mol. The molecule has 12 nitrogen and oxygen atoms in total. The zero-order valence-corrected chi connectivity index (χ0v) is 28.2. The van der Waals surface area contributed by atoms with Crippen molar-refractivity contribution in [3.63, 3.8) is 0 Å². The van der Waals surface area contributed by atoms with Gasteiger partial charge in [-0.2, -0.15) is 0 Å². The van der Waals surface area contributed by atoms with E-state index in [0.717, 1.165) is 5.52 Å². The number of aromatic nitrogens is 1. The second-order valence-corrected chi connectivity index (χ2v) is 12.7. The Balaban J connectivity index is 1.94. The highest BCUT2D eigenvalue weighted by Crippen LogP contribution is 2.44. The summed E-state index contributed by atoms with van der Waals surface area (Å²) in [5.74, 6) is -2.21. The number of amides is 3. The van der Waals surface area contributed by atoms with Gasteiger partial charge in [0.25, 0.3) is 11.8 Å². The number of ether oxygens (including phenoxy) is 4. The van der Waals surface area contributed by atoms with E-state index in [4.69, 9.17) is 18.9 Å². The smallest absolute Gasteiger partial charge is 0.408 e. The van der Waals surface area contributed by atoms with E-state index in [1.807, 2.05) is 49.6 Å². The molecule has 4 rings (SSSR count). The van der Waals surface area contributed by atoms with E-state index >= 15 is 0 Å². The number of carboxylic acids is 1. The third kappa shape index (κ3) is 6.91. The van der Waals surface area contributed by atoms with Crippen molar-refractivity contribution in [2.24, 2.45) is 11.8 Å². The van der Waals surface area contributed by atoms with Crippen LogP contribution in [0.2, 0.25) is 0 Å². The predicted molar refractivity (Wildman–Crippen MR) is 176 cm³/mol. The average molecular weight is 650 g/mol. The minimum absolute atomic E-state index is 0.126. The number of fused-ring (bicyclic) bond motifs is 1. The molecule has 1 aliphatic rings. The summed E-state index contributed by atoms with van der Waals surface area (Å²) in [6.07, 6.45) is 1.45. The van der Waals surface area contributed by atoms with Crippen molar-refractivity contribution in [1.29, 1.82) is 0 Å². The van der Waals surface area contributed by atoms with Crippen molar-refractivity contribution in [1.82, 2.24) is 15.2 Å². The van der Waals surface area contributed by atoms with Crippen molar-refractivity contribution in [2.75, 3.05) is 21.3 Å². The Hall–Kier alpha value is -5.00. The largest absolute Gasteiger partial charge is 0.493 e. The summed E-state index contributed by atoms with van der Waals surface area (Å²) in [7, 11) is 4.39. The van der Waals surface area contributed by atoms with Crippen LogP contribution in [0.3, 0.4) is 0 Å². The number of aliphatic carboxylic acids is 1. The molecule has 1 aromatic heterocycles. The SMILES string of the molecule is CCC(C(C(C)C)C(NC(=O)OC(C)(C)C)C(=O)O)n1cc(C2=C(c3cc(OC)c(OC)c(OC)c3)C(=O)NC2=O)c2ccccc21. The van der Waals surface area contributed by atoms with E-state index in [2.05, 4.69) is 10.6 Å². The van der Waals surface area contributed by atoms with Gasteiger partial charge in [-0.15, -0.1) is 0 Å². The topological polar surface area (TPSA) is 154 Å². The zero-order valence-electron chi connectivity index (χ0n) is 28.2. The third-order valence-electron chi connectivity index (χ3n) is 8.21. The summed E-state index contributed by atoms with van der Waals surface area (Å²) in [5.41, 5.74) is 1.05. The van der Waals surface area contributed by atoms with Gasteiger partial charge >= 0.3 is 12.1 Å². The lowest BCUT2D eigenvalue weighted by atomic mass is 9.80. The van der Waals surface area contributed by atoms with Gasteiger partial charge in [-0.1, -0.05) is 39.0 Å². The van der Waals surface area contributed by atoms with Crippen LogP contribution in [0.1, 0.15) is 65.1 Å². The number of para-hydroxylation sites is 1. The Labute approximate surface area is 274 Å². The number of hydrogen-bond acceptors (Lipinski definition) is 8. The quantitative estimate of drug-likeness (QED) is 0.218. The van der Waals surface area contributed by atoms with Crippen LogP contribution in [0.25, 0.3) is 22.0 Å². The van der Waals surface area contributed by atoms with Crippen LogP contribution >= 0.6 is 0 Å². The predicted octanol–water partition coefficient (Wildman–Crippen LogP) is 5.44. The number of imide groups is 1. The van der Waals surface area contributed by atoms with Gasteiger partial charge in [0.1, 0.15) is 11.6 Å². The number of carbonyl (C=O) groups excluding carboxylic acids is 3. The fourth-order valence-electron chi connectivity index (χ4n) is 6.35.